The average molecular weight is 250 g/mol. The minimum absolute atomic E-state index is 0.212. The highest BCUT2D eigenvalue weighted by Gasteiger charge is 2.23. The molecule has 13 heavy (non-hydrogen) atoms. The van der Waals surface area contributed by atoms with E-state index in [1.165, 1.54) is 12.8 Å². The Balaban J connectivity index is 2.33. The zero-order valence-electron chi connectivity index (χ0n) is 8.54. The smallest absolute Gasteiger partial charge is 0.0763 e. The summed E-state index contributed by atoms with van der Waals surface area (Å²) >= 11 is 3.30. The summed E-state index contributed by atoms with van der Waals surface area (Å²) in [7, 11) is 0. The molecule has 1 saturated heterocycles. The van der Waals surface area contributed by atoms with Gasteiger partial charge in [-0.25, -0.2) is 0 Å². The molecule has 1 aliphatic rings. The average Bonchev–Trinajstić information content (AvgIpc) is 2.09. The van der Waals surface area contributed by atoms with Gasteiger partial charge in [0.15, 0.2) is 0 Å². The van der Waals surface area contributed by atoms with E-state index in [4.69, 9.17) is 0 Å². The van der Waals surface area contributed by atoms with Crippen molar-refractivity contribution in [3.63, 3.8) is 0 Å². The molecule has 0 radical (unpaired) electrons. The Bertz CT molecular complexity index is 154. The maximum Gasteiger partial charge on any atom is 0.0763 e. The molecule has 0 aromatic heterocycles. The minimum atomic E-state index is -0.212. The minimum Gasteiger partial charge on any atom is -0.391 e. The molecule has 0 spiro atoms. The Morgan fingerprint density at radius 1 is 1.54 bits per heavy atom. The fourth-order valence-corrected chi connectivity index (χ4v) is 2.25. The van der Waals surface area contributed by atoms with Crippen molar-refractivity contribution in [2.45, 2.75) is 38.8 Å². The van der Waals surface area contributed by atoms with Gasteiger partial charge < -0.3 is 5.11 Å². The molecule has 1 fully saturated rings. The lowest BCUT2D eigenvalue weighted by Gasteiger charge is -2.37. The third-order valence-corrected chi connectivity index (χ3v) is 3.65. The lowest BCUT2D eigenvalue weighted by atomic mass is 9.93. The van der Waals surface area contributed by atoms with Gasteiger partial charge in [-0.1, -0.05) is 22.9 Å². The summed E-state index contributed by atoms with van der Waals surface area (Å²) in [6, 6.07) is 0.637. The van der Waals surface area contributed by atoms with Crippen LogP contribution in [0.1, 0.15) is 26.7 Å². The maximum atomic E-state index is 9.51. The number of hydrogen-bond acceptors (Lipinski definition) is 2. The van der Waals surface area contributed by atoms with E-state index in [1.807, 2.05) is 0 Å². The lowest BCUT2D eigenvalue weighted by Crippen LogP contribution is -2.44. The van der Waals surface area contributed by atoms with Crippen LogP contribution >= 0.6 is 15.9 Å². The zero-order chi connectivity index (χ0) is 9.84. The Morgan fingerprint density at radius 2 is 2.23 bits per heavy atom. The Hall–Kier alpha value is 0.400. The monoisotopic (exact) mass is 249 g/mol. The van der Waals surface area contributed by atoms with Gasteiger partial charge in [-0.3, -0.25) is 4.90 Å². The molecule has 0 saturated carbocycles. The van der Waals surface area contributed by atoms with Crippen LogP contribution in [0.15, 0.2) is 0 Å². The number of alkyl halides is 1. The van der Waals surface area contributed by atoms with Crippen molar-refractivity contribution in [3.8, 4) is 0 Å². The number of β-amino-alcohol motifs (C(OH)–C–C–N with tert-alkyl or cyclic N) is 1. The lowest BCUT2D eigenvalue weighted by molar-refractivity contribution is 0.0711. The molecule has 3 heteroatoms. The molecule has 1 aliphatic heterocycles. The van der Waals surface area contributed by atoms with E-state index in [9.17, 15) is 5.11 Å². The predicted octanol–water partition coefficient (Wildman–Crippen LogP) is 1.86. The molecule has 0 aliphatic carbocycles. The van der Waals surface area contributed by atoms with E-state index in [0.717, 1.165) is 19.0 Å². The van der Waals surface area contributed by atoms with Crippen LogP contribution in [0.25, 0.3) is 0 Å². The van der Waals surface area contributed by atoms with Gasteiger partial charge in [0.1, 0.15) is 0 Å². The molecule has 0 amide bonds. The number of nitrogens with zero attached hydrogens (tertiary/aromatic N) is 1. The summed E-state index contributed by atoms with van der Waals surface area (Å²) in [6.07, 6.45) is 2.34. The quantitative estimate of drug-likeness (QED) is 0.773. The van der Waals surface area contributed by atoms with Gasteiger partial charge in [-0.05, 0) is 32.2 Å². The van der Waals surface area contributed by atoms with Crippen molar-refractivity contribution in [2.24, 2.45) is 5.92 Å². The first-order valence-corrected chi connectivity index (χ1v) is 6.23. The van der Waals surface area contributed by atoms with E-state index < -0.39 is 0 Å². The topological polar surface area (TPSA) is 23.5 Å². The van der Waals surface area contributed by atoms with Crippen molar-refractivity contribution < 1.29 is 5.11 Å². The van der Waals surface area contributed by atoms with Crippen LogP contribution in [0.3, 0.4) is 0 Å². The Morgan fingerprint density at radius 3 is 2.77 bits per heavy atom. The second-order valence-corrected chi connectivity index (χ2v) is 4.93. The normalized spacial score (nSPS) is 33.2. The van der Waals surface area contributed by atoms with Gasteiger partial charge in [-0.15, -0.1) is 0 Å². The SMILES string of the molecule is CC1CCN(CC(O)CBr)C(C)C1. The molecule has 2 nitrogen and oxygen atoms in total. The van der Waals surface area contributed by atoms with Crippen LogP contribution in [-0.2, 0) is 0 Å². The van der Waals surface area contributed by atoms with Crippen LogP contribution in [0.5, 0.6) is 0 Å². The third-order valence-electron chi connectivity index (χ3n) is 2.90. The maximum absolute atomic E-state index is 9.51. The van der Waals surface area contributed by atoms with Crippen LogP contribution in [-0.4, -0.2) is 40.6 Å². The number of aliphatic hydroxyl groups excluding tert-OH is 1. The first-order valence-electron chi connectivity index (χ1n) is 5.11. The zero-order valence-corrected chi connectivity index (χ0v) is 10.1. The van der Waals surface area contributed by atoms with Crippen molar-refractivity contribution in [2.75, 3.05) is 18.4 Å². The van der Waals surface area contributed by atoms with Gasteiger partial charge in [-0.2, -0.15) is 0 Å². The van der Waals surface area contributed by atoms with Crippen LogP contribution in [0.4, 0.5) is 0 Å². The highest BCUT2D eigenvalue weighted by Crippen LogP contribution is 2.22. The van der Waals surface area contributed by atoms with Crippen molar-refractivity contribution in [3.05, 3.63) is 0 Å². The van der Waals surface area contributed by atoms with Gasteiger partial charge in [0.25, 0.3) is 0 Å². The van der Waals surface area contributed by atoms with E-state index in [0.29, 0.717) is 11.4 Å². The summed E-state index contributed by atoms with van der Waals surface area (Å²) in [6.45, 7) is 6.54. The van der Waals surface area contributed by atoms with Crippen molar-refractivity contribution >= 4 is 15.9 Å². The Kier molecular flexibility index (Phi) is 4.70. The highest BCUT2D eigenvalue weighted by molar-refractivity contribution is 9.09. The predicted molar refractivity (Wildman–Crippen MR) is 59.2 cm³/mol. The molecular formula is C10H20BrNO. The number of hydrogen-bond donors (Lipinski definition) is 1. The van der Waals surface area contributed by atoms with Gasteiger partial charge in [0.2, 0.25) is 0 Å². The molecule has 1 rings (SSSR count). The second kappa shape index (κ2) is 5.32. The third kappa shape index (κ3) is 3.56. The van der Waals surface area contributed by atoms with E-state index in [2.05, 4.69) is 34.7 Å². The fourth-order valence-electron chi connectivity index (χ4n) is 2.05. The van der Waals surface area contributed by atoms with E-state index in [1.54, 1.807) is 0 Å². The molecule has 1 heterocycles. The molecule has 0 aromatic rings. The van der Waals surface area contributed by atoms with Gasteiger partial charge in [0.05, 0.1) is 6.10 Å². The summed E-state index contributed by atoms with van der Waals surface area (Å²) < 4.78 is 0. The first kappa shape index (κ1) is 11.5. The Labute approximate surface area is 89.4 Å². The molecule has 0 aromatic carbocycles. The molecule has 1 N–H and O–H groups in total. The number of piperidine rings is 1. The van der Waals surface area contributed by atoms with Crippen LogP contribution < -0.4 is 0 Å². The van der Waals surface area contributed by atoms with Crippen molar-refractivity contribution in [1.29, 1.82) is 0 Å². The molecule has 0 bridgehead atoms. The summed E-state index contributed by atoms with van der Waals surface area (Å²) in [5.41, 5.74) is 0. The number of halogens is 1. The standard InChI is InChI=1S/C10H20BrNO/c1-8-3-4-12(9(2)5-8)7-10(13)6-11/h8-10,13H,3-7H2,1-2H3. The summed E-state index contributed by atoms with van der Waals surface area (Å²) in [4.78, 5) is 2.39. The van der Waals surface area contributed by atoms with Crippen LogP contribution in [0, 0.1) is 5.92 Å². The van der Waals surface area contributed by atoms with E-state index >= 15 is 0 Å². The van der Waals surface area contributed by atoms with Gasteiger partial charge in [0, 0.05) is 17.9 Å². The van der Waals surface area contributed by atoms with Gasteiger partial charge >= 0.3 is 0 Å². The molecule has 78 valence electrons. The molecule has 3 atom stereocenters. The summed E-state index contributed by atoms with van der Waals surface area (Å²) in [5, 5.41) is 10.2. The number of likely N-dealkylation sites (tertiary alicyclic amines) is 1. The van der Waals surface area contributed by atoms with Crippen LogP contribution in [0.2, 0.25) is 0 Å². The second-order valence-electron chi connectivity index (χ2n) is 4.28. The fraction of sp³-hybridized carbons (Fsp3) is 1.00. The first-order chi connectivity index (χ1) is 6.13. The largest absolute Gasteiger partial charge is 0.391 e. The molecular weight excluding hydrogens is 230 g/mol. The van der Waals surface area contributed by atoms with Crippen molar-refractivity contribution in [1.82, 2.24) is 4.90 Å². The van der Waals surface area contributed by atoms with E-state index in [-0.39, 0.29) is 6.10 Å². The molecule has 3 unspecified atom stereocenters. The summed E-state index contributed by atoms with van der Waals surface area (Å²) in [5.74, 6) is 0.854. The number of rotatable bonds is 3. The highest BCUT2D eigenvalue weighted by atomic mass is 79.9. The number of aliphatic hydroxyl groups is 1.